The van der Waals surface area contributed by atoms with Gasteiger partial charge in [0, 0.05) is 6.42 Å². The number of aliphatic hydroxyl groups excluding tert-OH is 1. The highest BCUT2D eigenvalue weighted by molar-refractivity contribution is 6.42. The second-order valence-electron chi connectivity index (χ2n) is 4.15. The molecule has 1 fully saturated rings. The van der Waals surface area contributed by atoms with E-state index in [0.717, 1.165) is 5.56 Å². The van der Waals surface area contributed by atoms with Gasteiger partial charge in [-0.2, -0.15) is 0 Å². The molecule has 0 aliphatic carbocycles. The molecule has 2 atom stereocenters. The summed E-state index contributed by atoms with van der Waals surface area (Å²) in [6.07, 6.45) is 2.99. The van der Waals surface area contributed by atoms with E-state index < -0.39 is 12.2 Å². The van der Waals surface area contributed by atoms with E-state index in [9.17, 15) is 9.90 Å². The molecule has 2 rings (SSSR count). The first kappa shape index (κ1) is 13.4. The Bertz CT molecular complexity index is 485. The molecule has 5 heteroatoms. The van der Waals surface area contributed by atoms with Crippen molar-refractivity contribution in [3.63, 3.8) is 0 Å². The van der Waals surface area contributed by atoms with Crippen LogP contribution in [0.2, 0.25) is 10.0 Å². The van der Waals surface area contributed by atoms with Crippen molar-refractivity contribution in [3.8, 4) is 0 Å². The Labute approximate surface area is 115 Å². The quantitative estimate of drug-likeness (QED) is 0.850. The number of benzene rings is 1. The minimum absolute atomic E-state index is 0.0666. The molecule has 0 radical (unpaired) electrons. The lowest BCUT2D eigenvalue weighted by atomic mass is 10.0. The van der Waals surface area contributed by atoms with Gasteiger partial charge in [-0.1, -0.05) is 35.3 Å². The molecule has 1 N–H and O–H groups in total. The number of halogens is 2. The number of ether oxygens (including phenoxy) is 1. The van der Waals surface area contributed by atoms with Crippen molar-refractivity contribution in [1.29, 1.82) is 0 Å². The summed E-state index contributed by atoms with van der Waals surface area (Å²) in [5.41, 5.74) is 0.862. The van der Waals surface area contributed by atoms with Crippen LogP contribution in [0.5, 0.6) is 0 Å². The molecule has 1 aliphatic rings. The summed E-state index contributed by atoms with van der Waals surface area (Å²) in [5, 5.41) is 10.4. The van der Waals surface area contributed by atoms with Crippen LogP contribution >= 0.6 is 23.2 Å². The number of rotatable bonds is 2. The highest BCUT2D eigenvalue weighted by Gasteiger charge is 2.25. The monoisotopic (exact) mass is 286 g/mol. The van der Waals surface area contributed by atoms with Crippen molar-refractivity contribution >= 4 is 35.2 Å². The predicted octanol–water partition coefficient (Wildman–Crippen LogP) is 3.07. The zero-order valence-electron chi connectivity index (χ0n) is 9.48. The number of hydrogen-bond acceptors (Lipinski definition) is 3. The van der Waals surface area contributed by atoms with E-state index >= 15 is 0 Å². The average molecular weight is 287 g/mol. The molecule has 0 amide bonds. The fraction of sp³-hybridized carbons (Fsp3) is 0.308. The van der Waals surface area contributed by atoms with Crippen LogP contribution in [0.25, 0.3) is 6.08 Å². The minimum atomic E-state index is -0.630. The Morgan fingerprint density at radius 2 is 2.11 bits per heavy atom. The number of esters is 1. The first-order valence-corrected chi connectivity index (χ1v) is 6.31. The molecule has 0 spiro atoms. The van der Waals surface area contributed by atoms with Gasteiger partial charge >= 0.3 is 5.97 Å². The second kappa shape index (κ2) is 5.74. The highest BCUT2D eigenvalue weighted by Crippen LogP contribution is 2.24. The number of carbonyl (C=O) groups excluding carboxylic acids is 1. The summed E-state index contributed by atoms with van der Waals surface area (Å²) in [6, 6.07) is 5.23. The molecule has 96 valence electrons. The fourth-order valence-corrected chi connectivity index (χ4v) is 2.07. The lowest BCUT2D eigenvalue weighted by Gasteiger charge is -2.23. The van der Waals surface area contributed by atoms with Crippen molar-refractivity contribution in [2.45, 2.75) is 25.0 Å². The van der Waals surface area contributed by atoms with Gasteiger partial charge in [0.2, 0.25) is 0 Å². The van der Waals surface area contributed by atoms with Gasteiger partial charge in [0.1, 0.15) is 6.10 Å². The third kappa shape index (κ3) is 3.48. The van der Waals surface area contributed by atoms with Crippen LogP contribution in [-0.4, -0.2) is 23.3 Å². The summed E-state index contributed by atoms with van der Waals surface area (Å²) in [7, 11) is 0. The average Bonchev–Trinajstić information content (AvgIpc) is 2.29. The number of hydrogen-bond donors (Lipinski definition) is 1. The van der Waals surface area contributed by atoms with Crippen molar-refractivity contribution in [2.24, 2.45) is 0 Å². The van der Waals surface area contributed by atoms with Crippen molar-refractivity contribution in [3.05, 3.63) is 39.9 Å². The SMILES string of the molecule is O=C1CC(O)CC(/C=C/c2ccc(Cl)c(Cl)c2)O1. The number of cyclic esters (lactones) is 1. The molecular formula is C13H12Cl2O3. The van der Waals surface area contributed by atoms with Gasteiger partial charge in [0.25, 0.3) is 0 Å². The molecule has 1 aromatic carbocycles. The summed E-state index contributed by atoms with van der Waals surface area (Å²) in [6.45, 7) is 0. The van der Waals surface area contributed by atoms with Crippen molar-refractivity contribution in [1.82, 2.24) is 0 Å². The predicted molar refractivity (Wildman–Crippen MR) is 70.6 cm³/mol. The Kier molecular flexibility index (Phi) is 4.27. The summed E-state index contributed by atoms with van der Waals surface area (Å²) >= 11 is 11.7. The van der Waals surface area contributed by atoms with Crippen LogP contribution in [0, 0.1) is 0 Å². The minimum Gasteiger partial charge on any atom is -0.458 e. The molecule has 1 saturated heterocycles. The smallest absolute Gasteiger partial charge is 0.309 e. The van der Waals surface area contributed by atoms with Gasteiger partial charge in [-0.15, -0.1) is 0 Å². The molecule has 3 nitrogen and oxygen atoms in total. The fourth-order valence-electron chi connectivity index (χ4n) is 1.76. The largest absolute Gasteiger partial charge is 0.458 e. The van der Waals surface area contributed by atoms with E-state index in [-0.39, 0.29) is 12.4 Å². The van der Waals surface area contributed by atoms with Gasteiger partial charge in [-0.3, -0.25) is 4.79 Å². The number of carbonyl (C=O) groups is 1. The molecule has 1 aromatic rings. The third-order valence-corrected chi connectivity index (χ3v) is 3.38. The van der Waals surface area contributed by atoms with Crippen LogP contribution in [0.4, 0.5) is 0 Å². The highest BCUT2D eigenvalue weighted by atomic mass is 35.5. The molecule has 0 bridgehead atoms. The van der Waals surface area contributed by atoms with E-state index in [1.54, 1.807) is 24.3 Å². The van der Waals surface area contributed by atoms with E-state index in [0.29, 0.717) is 16.5 Å². The third-order valence-electron chi connectivity index (χ3n) is 2.64. The Hall–Kier alpha value is -1.03. The molecule has 18 heavy (non-hydrogen) atoms. The van der Waals surface area contributed by atoms with Gasteiger partial charge in [-0.05, 0) is 23.8 Å². The van der Waals surface area contributed by atoms with Crippen molar-refractivity contribution < 1.29 is 14.6 Å². The molecular weight excluding hydrogens is 275 g/mol. The van der Waals surface area contributed by atoms with Crippen LogP contribution in [0.15, 0.2) is 24.3 Å². The zero-order valence-corrected chi connectivity index (χ0v) is 11.0. The first-order chi connectivity index (χ1) is 8.54. The summed E-state index contributed by atoms with van der Waals surface area (Å²) in [4.78, 5) is 11.1. The topological polar surface area (TPSA) is 46.5 Å². The van der Waals surface area contributed by atoms with Crippen LogP contribution in [0.1, 0.15) is 18.4 Å². The van der Waals surface area contributed by atoms with Gasteiger partial charge in [-0.25, -0.2) is 0 Å². The molecule has 0 aromatic heterocycles. The van der Waals surface area contributed by atoms with E-state index in [1.807, 2.05) is 6.07 Å². The van der Waals surface area contributed by atoms with E-state index in [4.69, 9.17) is 27.9 Å². The summed E-state index contributed by atoms with van der Waals surface area (Å²) in [5.74, 6) is -0.377. The summed E-state index contributed by atoms with van der Waals surface area (Å²) < 4.78 is 5.09. The molecule has 1 heterocycles. The maximum absolute atomic E-state index is 11.1. The lowest BCUT2D eigenvalue weighted by molar-refractivity contribution is -0.156. The van der Waals surface area contributed by atoms with Gasteiger partial charge < -0.3 is 9.84 Å². The Morgan fingerprint density at radius 1 is 1.33 bits per heavy atom. The van der Waals surface area contributed by atoms with Crippen LogP contribution < -0.4 is 0 Å². The van der Waals surface area contributed by atoms with Crippen LogP contribution in [-0.2, 0) is 9.53 Å². The molecule has 0 saturated carbocycles. The second-order valence-corrected chi connectivity index (χ2v) is 4.97. The van der Waals surface area contributed by atoms with Crippen molar-refractivity contribution in [2.75, 3.05) is 0 Å². The maximum Gasteiger partial charge on any atom is 0.309 e. The van der Waals surface area contributed by atoms with Crippen LogP contribution in [0.3, 0.4) is 0 Å². The first-order valence-electron chi connectivity index (χ1n) is 5.55. The van der Waals surface area contributed by atoms with E-state index in [1.165, 1.54) is 0 Å². The Morgan fingerprint density at radius 3 is 2.78 bits per heavy atom. The molecule has 1 aliphatic heterocycles. The van der Waals surface area contributed by atoms with Gasteiger partial charge in [0.15, 0.2) is 0 Å². The maximum atomic E-state index is 11.1. The molecule has 2 unspecified atom stereocenters. The van der Waals surface area contributed by atoms with E-state index in [2.05, 4.69) is 0 Å². The zero-order chi connectivity index (χ0) is 13.1. The standard InChI is InChI=1S/C13H12Cl2O3/c14-11-4-2-8(5-12(11)15)1-3-10-6-9(16)7-13(17)18-10/h1-5,9-10,16H,6-7H2/b3-1+. The normalized spacial score (nSPS) is 24.3. The number of aliphatic hydroxyl groups is 1. The lowest BCUT2D eigenvalue weighted by Crippen LogP contribution is -2.31. The Balaban J connectivity index is 2.05. The van der Waals surface area contributed by atoms with Gasteiger partial charge in [0.05, 0.1) is 22.6 Å².